The summed E-state index contributed by atoms with van der Waals surface area (Å²) in [5.41, 5.74) is 1.28. The Labute approximate surface area is 114 Å². The van der Waals surface area contributed by atoms with Crippen molar-refractivity contribution >= 4 is 21.6 Å². The molecule has 1 aromatic rings. The van der Waals surface area contributed by atoms with Gasteiger partial charge in [-0.3, -0.25) is 0 Å². The molecular formula is C13H20N2O3S. The molecule has 6 heteroatoms. The Morgan fingerprint density at radius 2 is 1.89 bits per heavy atom. The van der Waals surface area contributed by atoms with Crippen LogP contribution in [-0.2, 0) is 15.6 Å². The molecule has 19 heavy (non-hydrogen) atoms. The minimum absolute atomic E-state index is 0.0258. The Hall–Kier alpha value is -1.56. The summed E-state index contributed by atoms with van der Waals surface area (Å²) in [4.78, 5) is 13.5. The number of anilines is 1. The Kier molecular flexibility index (Phi) is 5.35. The van der Waals surface area contributed by atoms with Crippen LogP contribution in [0.1, 0.15) is 19.4 Å². The molecular weight excluding hydrogens is 264 g/mol. The predicted octanol–water partition coefficient (Wildman–Crippen LogP) is 2.10. The van der Waals surface area contributed by atoms with Crippen LogP contribution in [0.15, 0.2) is 24.3 Å². The van der Waals surface area contributed by atoms with Crippen LogP contribution in [-0.4, -0.2) is 38.7 Å². The zero-order chi connectivity index (χ0) is 14.5. The summed E-state index contributed by atoms with van der Waals surface area (Å²) in [5, 5.41) is 2.76. The molecule has 0 aromatic heterocycles. The third-order valence-electron chi connectivity index (χ3n) is 2.66. The highest BCUT2D eigenvalue weighted by Crippen LogP contribution is 2.13. The predicted molar refractivity (Wildman–Crippen MR) is 76.9 cm³/mol. The van der Waals surface area contributed by atoms with Crippen LogP contribution >= 0.6 is 0 Å². The van der Waals surface area contributed by atoms with Gasteiger partial charge in [0.2, 0.25) is 0 Å². The second-order valence-electron chi connectivity index (χ2n) is 4.37. The largest absolute Gasteiger partial charge is 0.325 e. The average Bonchev–Trinajstić information content (AvgIpc) is 2.28. The van der Waals surface area contributed by atoms with Crippen LogP contribution in [0.2, 0.25) is 0 Å². The molecule has 0 spiro atoms. The van der Waals surface area contributed by atoms with Gasteiger partial charge in [0.05, 0.1) is 5.75 Å². The molecule has 0 fully saturated rings. The summed E-state index contributed by atoms with van der Waals surface area (Å²) in [5.74, 6) is -0.0258. The Bertz CT molecular complexity index is 537. The molecule has 0 atom stereocenters. The van der Waals surface area contributed by atoms with E-state index in [1.165, 1.54) is 6.26 Å². The van der Waals surface area contributed by atoms with Crippen LogP contribution in [0, 0.1) is 0 Å². The third kappa shape index (κ3) is 5.30. The molecule has 0 aliphatic rings. The normalized spacial score (nSPS) is 11.1. The lowest BCUT2D eigenvalue weighted by Gasteiger charge is -2.19. The Morgan fingerprint density at radius 1 is 1.26 bits per heavy atom. The molecule has 0 aliphatic heterocycles. The third-order valence-corrected chi connectivity index (χ3v) is 3.52. The summed E-state index contributed by atoms with van der Waals surface area (Å²) >= 11 is 0. The van der Waals surface area contributed by atoms with Gasteiger partial charge < -0.3 is 10.2 Å². The van der Waals surface area contributed by atoms with E-state index in [1.807, 2.05) is 13.8 Å². The van der Waals surface area contributed by atoms with Crippen molar-refractivity contribution in [2.24, 2.45) is 0 Å². The lowest BCUT2D eigenvalue weighted by molar-refractivity contribution is 0.217. The summed E-state index contributed by atoms with van der Waals surface area (Å²) in [6.07, 6.45) is 1.19. The smallest absolute Gasteiger partial charge is 0.321 e. The number of carbonyl (C=O) groups excluding carboxylic acids is 1. The molecule has 0 unspecified atom stereocenters. The molecule has 0 saturated heterocycles. The van der Waals surface area contributed by atoms with E-state index in [-0.39, 0.29) is 11.8 Å². The van der Waals surface area contributed by atoms with Gasteiger partial charge in [-0.25, -0.2) is 13.2 Å². The molecule has 1 N–H and O–H groups in total. The van der Waals surface area contributed by atoms with Gasteiger partial charge in [0.25, 0.3) is 0 Å². The minimum atomic E-state index is -3.07. The van der Waals surface area contributed by atoms with Gasteiger partial charge in [0.15, 0.2) is 9.84 Å². The van der Waals surface area contributed by atoms with Crippen molar-refractivity contribution in [3.63, 3.8) is 0 Å². The monoisotopic (exact) mass is 284 g/mol. The second-order valence-corrected chi connectivity index (χ2v) is 6.51. The first-order valence-electron chi connectivity index (χ1n) is 6.18. The number of urea groups is 1. The van der Waals surface area contributed by atoms with Crippen molar-refractivity contribution in [2.75, 3.05) is 24.7 Å². The van der Waals surface area contributed by atoms with Crippen molar-refractivity contribution in [1.29, 1.82) is 0 Å². The highest BCUT2D eigenvalue weighted by atomic mass is 32.2. The maximum absolute atomic E-state index is 11.9. The van der Waals surface area contributed by atoms with Crippen molar-refractivity contribution in [3.05, 3.63) is 29.8 Å². The lowest BCUT2D eigenvalue weighted by atomic mass is 10.2. The van der Waals surface area contributed by atoms with Gasteiger partial charge >= 0.3 is 6.03 Å². The van der Waals surface area contributed by atoms with Crippen molar-refractivity contribution < 1.29 is 13.2 Å². The molecule has 5 nitrogen and oxygen atoms in total. The molecule has 1 aromatic carbocycles. The van der Waals surface area contributed by atoms with Gasteiger partial charge in [-0.15, -0.1) is 0 Å². The number of hydrogen-bond acceptors (Lipinski definition) is 3. The van der Waals surface area contributed by atoms with Crippen molar-refractivity contribution in [1.82, 2.24) is 4.90 Å². The maximum Gasteiger partial charge on any atom is 0.321 e. The molecule has 106 valence electrons. The zero-order valence-electron chi connectivity index (χ0n) is 11.5. The fraction of sp³-hybridized carbons (Fsp3) is 0.462. The summed E-state index contributed by atoms with van der Waals surface area (Å²) in [7, 11) is -3.07. The number of nitrogens with one attached hydrogen (secondary N) is 1. The van der Waals surface area contributed by atoms with Gasteiger partial charge in [-0.2, -0.15) is 0 Å². The van der Waals surface area contributed by atoms with E-state index in [2.05, 4.69) is 5.32 Å². The van der Waals surface area contributed by atoms with Gasteiger partial charge in [-0.1, -0.05) is 12.1 Å². The van der Waals surface area contributed by atoms with E-state index in [0.717, 1.165) is 0 Å². The number of amides is 2. The molecule has 1 rings (SSSR count). The average molecular weight is 284 g/mol. The molecule has 0 radical (unpaired) electrons. The minimum Gasteiger partial charge on any atom is -0.325 e. The summed E-state index contributed by atoms with van der Waals surface area (Å²) < 4.78 is 22.5. The van der Waals surface area contributed by atoms with E-state index < -0.39 is 9.84 Å². The van der Waals surface area contributed by atoms with Crippen molar-refractivity contribution in [2.45, 2.75) is 19.6 Å². The molecule has 0 bridgehead atoms. The fourth-order valence-corrected chi connectivity index (χ4v) is 2.54. The van der Waals surface area contributed by atoms with Crippen LogP contribution < -0.4 is 5.32 Å². The van der Waals surface area contributed by atoms with Gasteiger partial charge in [-0.05, 0) is 31.5 Å². The topological polar surface area (TPSA) is 66.5 Å². The zero-order valence-corrected chi connectivity index (χ0v) is 12.3. The standard InChI is InChI=1S/C13H20N2O3S/c1-4-15(5-2)13(16)14-12-8-6-7-11(9-12)10-19(3,17)18/h6-9H,4-5,10H2,1-3H3,(H,14,16). The number of nitrogens with zero attached hydrogens (tertiary/aromatic N) is 1. The summed E-state index contributed by atoms with van der Waals surface area (Å²) in [6, 6.07) is 6.71. The fourth-order valence-electron chi connectivity index (χ4n) is 1.75. The first-order chi connectivity index (χ1) is 8.85. The van der Waals surface area contributed by atoms with Gasteiger partial charge in [0.1, 0.15) is 0 Å². The van der Waals surface area contributed by atoms with E-state index >= 15 is 0 Å². The molecule has 0 aliphatic carbocycles. The van der Waals surface area contributed by atoms with Crippen LogP contribution in [0.5, 0.6) is 0 Å². The van der Waals surface area contributed by atoms with E-state index in [0.29, 0.717) is 24.3 Å². The highest BCUT2D eigenvalue weighted by molar-refractivity contribution is 7.89. The first-order valence-corrected chi connectivity index (χ1v) is 8.24. The van der Waals surface area contributed by atoms with E-state index in [1.54, 1.807) is 29.2 Å². The highest BCUT2D eigenvalue weighted by Gasteiger charge is 2.10. The van der Waals surface area contributed by atoms with Crippen LogP contribution in [0.3, 0.4) is 0 Å². The van der Waals surface area contributed by atoms with Crippen molar-refractivity contribution in [3.8, 4) is 0 Å². The SMILES string of the molecule is CCN(CC)C(=O)Nc1cccc(CS(C)(=O)=O)c1. The quantitative estimate of drug-likeness (QED) is 0.900. The number of hydrogen-bond donors (Lipinski definition) is 1. The number of rotatable bonds is 5. The number of sulfone groups is 1. The molecule has 0 saturated carbocycles. The van der Waals surface area contributed by atoms with E-state index in [4.69, 9.17) is 0 Å². The first kappa shape index (κ1) is 15.5. The van der Waals surface area contributed by atoms with Crippen LogP contribution in [0.4, 0.5) is 10.5 Å². The maximum atomic E-state index is 11.9. The Morgan fingerprint density at radius 3 is 2.42 bits per heavy atom. The lowest BCUT2D eigenvalue weighted by Crippen LogP contribution is -2.34. The summed E-state index contributed by atoms with van der Waals surface area (Å²) in [6.45, 7) is 5.07. The van der Waals surface area contributed by atoms with Crippen LogP contribution in [0.25, 0.3) is 0 Å². The molecule has 0 heterocycles. The second kappa shape index (κ2) is 6.56. The number of benzene rings is 1. The van der Waals surface area contributed by atoms with Gasteiger partial charge in [0, 0.05) is 25.0 Å². The van der Waals surface area contributed by atoms with E-state index in [9.17, 15) is 13.2 Å². The Balaban J connectivity index is 2.80. The molecule has 2 amide bonds. The number of carbonyl (C=O) groups is 1.